The van der Waals surface area contributed by atoms with E-state index in [-0.39, 0.29) is 17.6 Å². The molecule has 1 heterocycles. The zero-order valence-corrected chi connectivity index (χ0v) is 13.1. The first-order valence-electron chi connectivity index (χ1n) is 6.30. The summed E-state index contributed by atoms with van der Waals surface area (Å²) in [6.07, 6.45) is 1.50. The van der Waals surface area contributed by atoms with E-state index in [9.17, 15) is 10.1 Å². The Labute approximate surface area is 130 Å². The van der Waals surface area contributed by atoms with Crippen molar-refractivity contribution in [3.8, 4) is 5.75 Å². The predicted octanol–water partition coefficient (Wildman–Crippen LogP) is 4.28. The zero-order valence-electron chi connectivity index (χ0n) is 11.5. The molecule has 0 fully saturated rings. The Balaban J connectivity index is 2.37. The van der Waals surface area contributed by atoms with E-state index in [0.29, 0.717) is 15.9 Å². The average Bonchev–Trinajstić information content (AvgIpc) is 2.42. The van der Waals surface area contributed by atoms with Crippen LogP contribution in [0.4, 0.5) is 17.2 Å². The van der Waals surface area contributed by atoms with Crippen molar-refractivity contribution in [3.05, 3.63) is 51.1 Å². The molecule has 0 bridgehead atoms. The molecule has 0 unspecified atom stereocenters. The molecule has 0 saturated carbocycles. The van der Waals surface area contributed by atoms with Gasteiger partial charge in [-0.2, -0.15) is 0 Å². The normalized spacial score (nSPS) is 10.5. The van der Waals surface area contributed by atoms with Crippen LogP contribution in [0.1, 0.15) is 13.8 Å². The molecule has 2 aromatic rings. The molecule has 7 heteroatoms. The first-order valence-corrected chi connectivity index (χ1v) is 7.09. The quantitative estimate of drug-likeness (QED) is 0.642. The first kappa shape index (κ1) is 15.2. The largest absolute Gasteiger partial charge is 0.489 e. The molecule has 0 aliphatic heterocycles. The number of nitro groups is 1. The van der Waals surface area contributed by atoms with E-state index in [1.54, 1.807) is 12.1 Å². The summed E-state index contributed by atoms with van der Waals surface area (Å²) in [6, 6.07) is 8.64. The summed E-state index contributed by atoms with van der Waals surface area (Å²) in [5.41, 5.74) is 0.521. The summed E-state index contributed by atoms with van der Waals surface area (Å²) >= 11 is 3.18. The van der Waals surface area contributed by atoms with Gasteiger partial charge in [-0.1, -0.05) is 12.1 Å². The zero-order chi connectivity index (χ0) is 15.4. The van der Waals surface area contributed by atoms with Crippen LogP contribution >= 0.6 is 15.9 Å². The third kappa shape index (κ3) is 3.91. The highest BCUT2D eigenvalue weighted by Gasteiger charge is 2.17. The van der Waals surface area contributed by atoms with Crippen LogP contribution in [0.15, 0.2) is 41.0 Å². The van der Waals surface area contributed by atoms with Crippen molar-refractivity contribution in [2.24, 2.45) is 0 Å². The minimum absolute atomic E-state index is 0.000753. The molecule has 0 radical (unpaired) electrons. The Morgan fingerprint density at radius 1 is 1.38 bits per heavy atom. The first-order chi connectivity index (χ1) is 9.97. The number of anilines is 2. The molecule has 6 nitrogen and oxygen atoms in total. The maximum absolute atomic E-state index is 11.1. The Morgan fingerprint density at radius 2 is 2.10 bits per heavy atom. The Hall–Kier alpha value is -2.15. The van der Waals surface area contributed by atoms with Gasteiger partial charge in [-0.3, -0.25) is 10.1 Å². The van der Waals surface area contributed by atoms with Crippen molar-refractivity contribution >= 4 is 33.1 Å². The third-order valence-corrected chi connectivity index (χ3v) is 2.97. The highest BCUT2D eigenvalue weighted by atomic mass is 79.9. The molecule has 110 valence electrons. The van der Waals surface area contributed by atoms with Gasteiger partial charge in [-0.25, -0.2) is 4.98 Å². The van der Waals surface area contributed by atoms with Crippen molar-refractivity contribution in [3.63, 3.8) is 0 Å². The van der Waals surface area contributed by atoms with Crippen LogP contribution in [-0.2, 0) is 0 Å². The van der Waals surface area contributed by atoms with Gasteiger partial charge in [-0.15, -0.1) is 0 Å². The molecular weight excluding hydrogens is 338 g/mol. The number of para-hydroxylation sites is 2. The fourth-order valence-corrected chi connectivity index (χ4v) is 2.04. The second-order valence-corrected chi connectivity index (χ2v) is 5.48. The van der Waals surface area contributed by atoms with Crippen LogP contribution in [-0.4, -0.2) is 16.0 Å². The van der Waals surface area contributed by atoms with Gasteiger partial charge >= 0.3 is 5.69 Å². The molecule has 1 aromatic heterocycles. The monoisotopic (exact) mass is 351 g/mol. The molecule has 0 aliphatic rings. The Kier molecular flexibility index (Phi) is 4.74. The fraction of sp³-hybridized carbons (Fsp3) is 0.214. The molecule has 0 atom stereocenters. The number of ether oxygens (including phenoxy) is 1. The van der Waals surface area contributed by atoms with Gasteiger partial charge in [0, 0.05) is 16.7 Å². The van der Waals surface area contributed by atoms with Gasteiger partial charge in [-0.05, 0) is 41.9 Å². The van der Waals surface area contributed by atoms with Crippen molar-refractivity contribution in [2.75, 3.05) is 5.32 Å². The standard InChI is InChI=1S/C14H14BrN3O3/c1-9(2)21-13-6-4-3-5-11(13)17-14-12(18(19)20)7-10(15)8-16-14/h3-9H,1-2H3,(H,16,17). The van der Waals surface area contributed by atoms with E-state index in [2.05, 4.69) is 26.2 Å². The number of hydrogen-bond acceptors (Lipinski definition) is 5. The number of pyridine rings is 1. The second-order valence-electron chi connectivity index (χ2n) is 4.57. The van der Waals surface area contributed by atoms with Crippen molar-refractivity contribution in [1.29, 1.82) is 0 Å². The van der Waals surface area contributed by atoms with Crippen LogP contribution in [0.25, 0.3) is 0 Å². The van der Waals surface area contributed by atoms with Gasteiger partial charge < -0.3 is 10.1 Å². The number of halogens is 1. The third-order valence-electron chi connectivity index (χ3n) is 2.53. The van der Waals surface area contributed by atoms with Gasteiger partial charge in [0.2, 0.25) is 5.82 Å². The van der Waals surface area contributed by atoms with E-state index in [1.807, 2.05) is 26.0 Å². The lowest BCUT2D eigenvalue weighted by Crippen LogP contribution is -2.08. The topological polar surface area (TPSA) is 77.3 Å². The average molecular weight is 352 g/mol. The van der Waals surface area contributed by atoms with E-state index in [4.69, 9.17) is 4.74 Å². The molecule has 21 heavy (non-hydrogen) atoms. The fourth-order valence-electron chi connectivity index (χ4n) is 1.72. The van der Waals surface area contributed by atoms with E-state index >= 15 is 0 Å². The lowest BCUT2D eigenvalue weighted by molar-refractivity contribution is -0.384. The second kappa shape index (κ2) is 6.53. The summed E-state index contributed by atoms with van der Waals surface area (Å²) in [4.78, 5) is 14.7. The van der Waals surface area contributed by atoms with Gasteiger partial charge in [0.1, 0.15) is 5.75 Å². The molecule has 0 amide bonds. The predicted molar refractivity (Wildman–Crippen MR) is 84.1 cm³/mol. The summed E-state index contributed by atoms with van der Waals surface area (Å²) in [5, 5.41) is 14.1. The molecule has 2 rings (SSSR count). The van der Waals surface area contributed by atoms with Crippen LogP contribution < -0.4 is 10.1 Å². The molecule has 0 saturated heterocycles. The summed E-state index contributed by atoms with van der Waals surface area (Å²) in [6.45, 7) is 3.83. The number of nitrogens with one attached hydrogen (secondary N) is 1. The smallest absolute Gasteiger partial charge is 0.312 e. The Bertz CT molecular complexity index is 662. The maximum Gasteiger partial charge on any atom is 0.312 e. The van der Waals surface area contributed by atoms with Crippen LogP contribution in [0.3, 0.4) is 0 Å². The van der Waals surface area contributed by atoms with Crippen LogP contribution in [0, 0.1) is 10.1 Å². The maximum atomic E-state index is 11.1. The molecule has 0 spiro atoms. The molecular formula is C14H14BrN3O3. The van der Waals surface area contributed by atoms with Crippen LogP contribution in [0.2, 0.25) is 0 Å². The Morgan fingerprint density at radius 3 is 2.76 bits per heavy atom. The molecule has 0 aliphatic carbocycles. The van der Waals surface area contributed by atoms with Crippen LogP contribution in [0.5, 0.6) is 5.75 Å². The SMILES string of the molecule is CC(C)Oc1ccccc1Nc1ncc(Br)cc1[N+](=O)[O-]. The lowest BCUT2D eigenvalue weighted by Gasteiger charge is -2.15. The van der Waals surface area contributed by atoms with E-state index in [0.717, 1.165) is 0 Å². The number of hydrogen-bond donors (Lipinski definition) is 1. The van der Waals surface area contributed by atoms with Crippen molar-refractivity contribution in [2.45, 2.75) is 20.0 Å². The number of benzene rings is 1. The van der Waals surface area contributed by atoms with Crippen molar-refractivity contribution in [1.82, 2.24) is 4.98 Å². The molecule has 1 aromatic carbocycles. The summed E-state index contributed by atoms with van der Waals surface area (Å²) < 4.78 is 6.22. The minimum Gasteiger partial charge on any atom is -0.489 e. The van der Waals surface area contributed by atoms with Gasteiger partial charge in [0.05, 0.1) is 16.7 Å². The van der Waals surface area contributed by atoms with E-state index in [1.165, 1.54) is 12.3 Å². The number of nitrogens with zero attached hydrogens (tertiary/aromatic N) is 2. The minimum atomic E-state index is -0.480. The number of rotatable bonds is 5. The summed E-state index contributed by atoms with van der Waals surface area (Å²) in [7, 11) is 0. The van der Waals surface area contributed by atoms with Crippen molar-refractivity contribution < 1.29 is 9.66 Å². The lowest BCUT2D eigenvalue weighted by atomic mass is 10.2. The summed E-state index contributed by atoms with van der Waals surface area (Å²) in [5.74, 6) is 0.787. The molecule has 1 N–H and O–H groups in total. The highest BCUT2D eigenvalue weighted by molar-refractivity contribution is 9.10. The highest BCUT2D eigenvalue weighted by Crippen LogP contribution is 2.32. The van der Waals surface area contributed by atoms with E-state index < -0.39 is 4.92 Å². The van der Waals surface area contributed by atoms with Gasteiger partial charge in [0.25, 0.3) is 0 Å². The van der Waals surface area contributed by atoms with Gasteiger partial charge in [0.15, 0.2) is 0 Å². The number of aromatic nitrogens is 1.